The van der Waals surface area contributed by atoms with Gasteiger partial charge in [0.05, 0.1) is 0 Å². The fourth-order valence-electron chi connectivity index (χ4n) is 2.34. The third-order valence-corrected chi connectivity index (χ3v) is 3.56. The maximum Gasteiger partial charge on any atom is 0.417 e. The van der Waals surface area contributed by atoms with Crippen LogP contribution in [0.1, 0.15) is 12.5 Å². The van der Waals surface area contributed by atoms with E-state index in [9.17, 15) is 9.59 Å². The average molecular weight is 378 g/mol. The Hall–Kier alpha value is -3.94. The van der Waals surface area contributed by atoms with Crippen LogP contribution in [0.3, 0.4) is 0 Å². The number of para-hydroxylation sites is 1. The Labute approximate surface area is 161 Å². The molecule has 2 N–H and O–H groups in total. The molecule has 8 nitrogen and oxygen atoms in total. The normalized spacial score (nSPS) is 10.1. The number of amides is 2. The van der Waals surface area contributed by atoms with Gasteiger partial charge in [-0.3, -0.25) is 10.1 Å². The molecule has 1 heterocycles. The fraction of sp³-hybridized carbons (Fsp3) is 0.100. The summed E-state index contributed by atoms with van der Waals surface area (Å²) in [4.78, 5) is 31.1. The zero-order chi connectivity index (χ0) is 19.9. The van der Waals surface area contributed by atoms with Crippen LogP contribution in [0.4, 0.5) is 16.3 Å². The largest absolute Gasteiger partial charge is 0.439 e. The number of hydrogen-bond acceptors (Lipinski definition) is 6. The number of aromatic nitrogens is 2. The molecule has 0 radical (unpaired) electrons. The highest BCUT2D eigenvalue weighted by atomic mass is 16.6. The molecule has 3 aromatic rings. The van der Waals surface area contributed by atoms with Crippen LogP contribution in [-0.2, 0) is 4.79 Å². The maximum atomic E-state index is 12.0. The van der Waals surface area contributed by atoms with Crippen LogP contribution < -0.4 is 20.1 Å². The Morgan fingerprint density at radius 1 is 0.929 bits per heavy atom. The topological polar surface area (TPSA) is 102 Å². The Bertz CT molecular complexity index is 993. The summed E-state index contributed by atoms with van der Waals surface area (Å²) in [5, 5.41) is 5.25. The number of benzene rings is 2. The molecule has 8 heteroatoms. The number of ether oxygens (including phenoxy) is 2. The van der Waals surface area contributed by atoms with Gasteiger partial charge >= 0.3 is 6.09 Å². The molecule has 28 heavy (non-hydrogen) atoms. The van der Waals surface area contributed by atoms with Crippen LogP contribution >= 0.6 is 0 Å². The number of hydrogen-bond donors (Lipinski definition) is 2. The van der Waals surface area contributed by atoms with Gasteiger partial charge in [0.2, 0.25) is 11.8 Å². The molecule has 142 valence electrons. The molecule has 0 aliphatic heterocycles. The minimum Gasteiger partial charge on any atom is -0.439 e. The van der Waals surface area contributed by atoms with Gasteiger partial charge in [0.25, 0.3) is 0 Å². The van der Waals surface area contributed by atoms with E-state index in [0.29, 0.717) is 23.0 Å². The molecule has 0 bridgehead atoms. The third-order valence-electron chi connectivity index (χ3n) is 3.56. The van der Waals surface area contributed by atoms with Crippen molar-refractivity contribution in [3.8, 4) is 17.4 Å². The number of anilines is 2. The first-order valence-corrected chi connectivity index (χ1v) is 8.41. The quantitative estimate of drug-likeness (QED) is 0.691. The van der Waals surface area contributed by atoms with Crippen molar-refractivity contribution in [1.29, 1.82) is 0 Å². The van der Waals surface area contributed by atoms with Crippen molar-refractivity contribution >= 4 is 23.5 Å². The summed E-state index contributed by atoms with van der Waals surface area (Å²) in [7, 11) is 0. The summed E-state index contributed by atoms with van der Waals surface area (Å²) >= 11 is 0. The van der Waals surface area contributed by atoms with Crippen LogP contribution in [0, 0.1) is 6.92 Å². The number of nitrogens with one attached hydrogen (secondary N) is 2. The molecular weight excluding hydrogens is 360 g/mol. The smallest absolute Gasteiger partial charge is 0.417 e. The van der Waals surface area contributed by atoms with Crippen molar-refractivity contribution in [2.75, 3.05) is 10.6 Å². The van der Waals surface area contributed by atoms with Gasteiger partial charge in [0.1, 0.15) is 23.6 Å². The minimum atomic E-state index is -0.585. The van der Waals surface area contributed by atoms with Crippen LogP contribution in [0.25, 0.3) is 0 Å². The summed E-state index contributed by atoms with van der Waals surface area (Å²) < 4.78 is 10.9. The standard InChI is InChI=1S/C20H18N4O4/c1-13-10-16(27-19-11-18(21-12-22-19)23-14(2)25)8-9-17(13)24-20(26)28-15-6-4-3-5-7-15/h3-12H,1-2H3,(H,24,26)(H,21,22,23,25). The molecule has 0 saturated carbocycles. The SMILES string of the molecule is CC(=O)Nc1cc(Oc2ccc(NC(=O)Oc3ccccc3)c(C)c2)ncn1. The highest BCUT2D eigenvalue weighted by Crippen LogP contribution is 2.26. The molecule has 0 unspecified atom stereocenters. The van der Waals surface area contributed by atoms with Crippen LogP contribution in [0.5, 0.6) is 17.4 Å². The van der Waals surface area contributed by atoms with E-state index < -0.39 is 6.09 Å². The molecular formula is C20H18N4O4. The summed E-state index contributed by atoms with van der Waals surface area (Å²) in [6, 6.07) is 15.4. The Balaban J connectivity index is 1.65. The third kappa shape index (κ3) is 5.28. The van der Waals surface area contributed by atoms with E-state index in [2.05, 4.69) is 20.6 Å². The Kier molecular flexibility index (Phi) is 5.81. The van der Waals surface area contributed by atoms with Gasteiger partial charge in [-0.25, -0.2) is 14.8 Å². The first kappa shape index (κ1) is 18.8. The second kappa shape index (κ2) is 8.63. The molecule has 3 rings (SSSR count). The molecule has 2 aromatic carbocycles. The van der Waals surface area contributed by atoms with Gasteiger partial charge in [0, 0.05) is 18.7 Å². The first-order valence-electron chi connectivity index (χ1n) is 8.41. The van der Waals surface area contributed by atoms with E-state index in [1.807, 2.05) is 13.0 Å². The lowest BCUT2D eigenvalue weighted by atomic mass is 10.2. The number of nitrogens with zero attached hydrogens (tertiary/aromatic N) is 2. The van der Waals surface area contributed by atoms with Gasteiger partial charge in [-0.1, -0.05) is 18.2 Å². The molecule has 0 atom stereocenters. The van der Waals surface area contributed by atoms with E-state index in [4.69, 9.17) is 9.47 Å². The monoisotopic (exact) mass is 378 g/mol. The van der Waals surface area contributed by atoms with Crippen molar-refractivity contribution in [3.63, 3.8) is 0 Å². The molecule has 0 aliphatic carbocycles. The molecule has 0 saturated heterocycles. The lowest BCUT2D eigenvalue weighted by Gasteiger charge is -2.11. The number of rotatable bonds is 5. The number of carbonyl (C=O) groups excluding carboxylic acids is 2. The van der Waals surface area contributed by atoms with Crippen LogP contribution in [-0.4, -0.2) is 22.0 Å². The summed E-state index contributed by atoms with van der Waals surface area (Å²) in [6.45, 7) is 3.22. The van der Waals surface area contributed by atoms with E-state index >= 15 is 0 Å². The van der Waals surface area contributed by atoms with Gasteiger partial charge in [0.15, 0.2) is 0 Å². The average Bonchev–Trinajstić information content (AvgIpc) is 2.64. The van der Waals surface area contributed by atoms with E-state index in [1.165, 1.54) is 19.3 Å². The number of carbonyl (C=O) groups is 2. The molecule has 0 fully saturated rings. The van der Waals surface area contributed by atoms with Gasteiger partial charge < -0.3 is 14.8 Å². The molecule has 0 spiro atoms. The lowest BCUT2D eigenvalue weighted by molar-refractivity contribution is -0.114. The Morgan fingerprint density at radius 3 is 2.43 bits per heavy atom. The zero-order valence-corrected chi connectivity index (χ0v) is 15.3. The summed E-state index contributed by atoms with van der Waals surface area (Å²) in [6.07, 6.45) is 0.710. The Morgan fingerprint density at radius 2 is 1.71 bits per heavy atom. The highest BCUT2D eigenvalue weighted by Gasteiger charge is 2.09. The predicted molar refractivity (Wildman–Crippen MR) is 104 cm³/mol. The fourth-order valence-corrected chi connectivity index (χ4v) is 2.34. The van der Waals surface area contributed by atoms with Crippen LogP contribution in [0.15, 0.2) is 60.9 Å². The molecule has 1 aromatic heterocycles. The second-order valence-electron chi connectivity index (χ2n) is 5.83. The minimum absolute atomic E-state index is 0.238. The summed E-state index contributed by atoms with van der Waals surface area (Å²) in [5.41, 5.74) is 1.37. The van der Waals surface area contributed by atoms with E-state index in [1.54, 1.807) is 42.5 Å². The number of aryl methyl sites for hydroxylation is 1. The van der Waals surface area contributed by atoms with Crippen molar-refractivity contribution in [3.05, 3.63) is 66.5 Å². The van der Waals surface area contributed by atoms with Gasteiger partial charge in [-0.2, -0.15) is 0 Å². The van der Waals surface area contributed by atoms with Gasteiger partial charge in [-0.15, -0.1) is 0 Å². The van der Waals surface area contributed by atoms with E-state index in [-0.39, 0.29) is 11.8 Å². The predicted octanol–water partition coefficient (Wildman–Crippen LogP) is 4.15. The first-order chi connectivity index (χ1) is 13.5. The van der Waals surface area contributed by atoms with Crippen molar-refractivity contribution in [2.24, 2.45) is 0 Å². The molecule has 0 aliphatic rings. The highest BCUT2D eigenvalue weighted by molar-refractivity contribution is 5.88. The van der Waals surface area contributed by atoms with Crippen LogP contribution in [0.2, 0.25) is 0 Å². The van der Waals surface area contributed by atoms with Gasteiger partial charge in [-0.05, 0) is 42.8 Å². The lowest BCUT2D eigenvalue weighted by Crippen LogP contribution is -2.17. The second-order valence-corrected chi connectivity index (χ2v) is 5.83. The zero-order valence-electron chi connectivity index (χ0n) is 15.3. The van der Waals surface area contributed by atoms with Crippen molar-refractivity contribution in [1.82, 2.24) is 9.97 Å². The van der Waals surface area contributed by atoms with Crippen molar-refractivity contribution in [2.45, 2.75) is 13.8 Å². The summed E-state index contributed by atoms with van der Waals surface area (Å²) in [5.74, 6) is 1.36. The molecule has 2 amide bonds. The van der Waals surface area contributed by atoms with E-state index in [0.717, 1.165) is 5.56 Å². The maximum absolute atomic E-state index is 12.0. The van der Waals surface area contributed by atoms with Crippen molar-refractivity contribution < 1.29 is 19.1 Å².